The van der Waals surface area contributed by atoms with Crippen molar-refractivity contribution in [2.24, 2.45) is 0 Å². The maximum atomic E-state index is 11.9. The molecular weight excluding hydrogens is 248 g/mol. The van der Waals surface area contributed by atoms with E-state index < -0.39 is 0 Å². The van der Waals surface area contributed by atoms with Crippen LogP contribution in [0.2, 0.25) is 0 Å². The minimum atomic E-state index is -0.181. The highest BCUT2D eigenvalue weighted by Gasteiger charge is 2.09. The summed E-state index contributed by atoms with van der Waals surface area (Å²) < 4.78 is 0. The zero-order valence-corrected chi connectivity index (χ0v) is 10.9. The number of carbonyl (C=O) groups is 1. The van der Waals surface area contributed by atoms with Gasteiger partial charge in [-0.1, -0.05) is 31.2 Å². The van der Waals surface area contributed by atoms with E-state index in [0.29, 0.717) is 12.2 Å². The van der Waals surface area contributed by atoms with Crippen LogP contribution >= 0.6 is 11.6 Å². The van der Waals surface area contributed by atoms with Crippen LogP contribution in [0.15, 0.2) is 36.4 Å². The molecule has 2 aromatic rings. The molecule has 0 aliphatic heterocycles. The second kappa shape index (κ2) is 5.83. The van der Waals surface area contributed by atoms with Gasteiger partial charge in [-0.15, -0.1) is 11.6 Å². The average molecular weight is 263 g/mol. The summed E-state index contributed by atoms with van der Waals surface area (Å²) in [4.78, 5) is 16.2. The van der Waals surface area contributed by atoms with E-state index in [4.69, 9.17) is 11.6 Å². The first-order valence-electron chi connectivity index (χ1n) is 5.98. The van der Waals surface area contributed by atoms with Crippen molar-refractivity contribution in [2.45, 2.75) is 18.7 Å². The Hall–Kier alpha value is -1.61. The van der Waals surface area contributed by atoms with Crippen molar-refractivity contribution in [3.63, 3.8) is 0 Å². The second-order valence-corrected chi connectivity index (χ2v) is 4.72. The normalized spacial score (nSPS) is 12.3. The van der Waals surface area contributed by atoms with E-state index in [-0.39, 0.29) is 11.3 Å². The maximum Gasteiger partial charge on any atom is 0.269 e. The van der Waals surface area contributed by atoms with E-state index in [0.717, 1.165) is 17.3 Å². The van der Waals surface area contributed by atoms with E-state index in [1.54, 1.807) is 6.07 Å². The van der Waals surface area contributed by atoms with Gasteiger partial charge in [0.25, 0.3) is 5.91 Å². The third-order valence-electron chi connectivity index (χ3n) is 2.76. The van der Waals surface area contributed by atoms with Gasteiger partial charge in [-0.2, -0.15) is 0 Å². The molecule has 0 radical (unpaired) electrons. The summed E-state index contributed by atoms with van der Waals surface area (Å²) in [7, 11) is 0. The molecule has 0 fully saturated rings. The van der Waals surface area contributed by atoms with Gasteiger partial charge >= 0.3 is 0 Å². The van der Waals surface area contributed by atoms with Gasteiger partial charge in [0.15, 0.2) is 0 Å². The lowest BCUT2D eigenvalue weighted by molar-refractivity contribution is 0.0949. The molecule has 0 bridgehead atoms. The first-order chi connectivity index (χ1) is 8.70. The molecule has 0 saturated heterocycles. The zero-order chi connectivity index (χ0) is 13.0. The highest BCUT2D eigenvalue weighted by Crippen LogP contribution is 2.11. The molecule has 1 atom stereocenters. The van der Waals surface area contributed by atoms with Crippen LogP contribution in [-0.2, 0) is 0 Å². The third kappa shape index (κ3) is 2.99. The number of nitrogens with zero attached hydrogens (tertiary/aromatic N) is 1. The van der Waals surface area contributed by atoms with Gasteiger partial charge in [-0.3, -0.25) is 4.79 Å². The largest absolute Gasteiger partial charge is 0.349 e. The predicted octanol–water partition coefficient (Wildman–Crippen LogP) is 2.98. The van der Waals surface area contributed by atoms with Gasteiger partial charge in [0.1, 0.15) is 5.69 Å². The van der Waals surface area contributed by atoms with Crippen LogP contribution < -0.4 is 5.32 Å². The smallest absolute Gasteiger partial charge is 0.269 e. The van der Waals surface area contributed by atoms with Crippen LogP contribution in [0.25, 0.3) is 10.9 Å². The summed E-state index contributed by atoms with van der Waals surface area (Å²) in [5.74, 6) is -0.181. The number of fused-ring (bicyclic) bond motifs is 1. The predicted molar refractivity (Wildman–Crippen MR) is 74.0 cm³/mol. The molecule has 1 heterocycles. The molecule has 0 aliphatic carbocycles. The van der Waals surface area contributed by atoms with Crippen molar-refractivity contribution in [1.82, 2.24) is 10.3 Å². The number of nitrogens with one attached hydrogen (secondary N) is 1. The number of rotatable bonds is 4. The number of benzene rings is 1. The summed E-state index contributed by atoms with van der Waals surface area (Å²) in [5, 5.41) is 3.77. The van der Waals surface area contributed by atoms with Crippen LogP contribution in [-0.4, -0.2) is 22.8 Å². The Bertz CT molecular complexity index is 556. The molecular formula is C14H15ClN2O. The lowest BCUT2D eigenvalue weighted by atomic mass is 10.2. The van der Waals surface area contributed by atoms with Crippen molar-refractivity contribution in [1.29, 1.82) is 0 Å². The van der Waals surface area contributed by atoms with E-state index in [2.05, 4.69) is 10.3 Å². The van der Waals surface area contributed by atoms with Gasteiger partial charge in [0.05, 0.1) is 10.9 Å². The van der Waals surface area contributed by atoms with Crippen LogP contribution in [0.3, 0.4) is 0 Å². The molecule has 1 aromatic carbocycles. The Balaban J connectivity index is 2.13. The highest BCUT2D eigenvalue weighted by atomic mass is 35.5. The van der Waals surface area contributed by atoms with Gasteiger partial charge in [0.2, 0.25) is 0 Å². The Morgan fingerprint density at radius 1 is 1.33 bits per heavy atom. The standard InChI is InChI=1S/C14H15ClN2O/c1-2-11(15)9-16-14(18)13-8-7-10-5-3-4-6-12(10)17-13/h3-8,11H,2,9H2,1H3,(H,16,18). The molecule has 0 saturated carbocycles. The van der Waals surface area contributed by atoms with Crippen LogP contribution in [0, 0.1) is 0 Å². The van der Waals surface area contributed by atoms with E-state index in [1.165, 1.54) is 0 Å². The number of pyridine rings is 1. The number of hydrogen-bond acceptors (Lipinski definition) is 2. The van der Waals surface area contributed by atoms with Crippen molar-refractivity contribution < 1.29 is 4.79 Å². The third-order valence-corrected chi connectivity index (χ3v) is 3.22. The van der Waals surface area contributed by atoms with E-state index >= 15 is 0 Å². The van der Waals surface area contributed by atoms with Gasteiger partial charge in [-0.05, 0) is 18.6 Å². The van der Waals surface area contributed by atoms with Crippen molar-refractivity contribution in [3.05, 3.63) is 42.1 Å². The average Bonchev–Trinajstić information content (AvgIpc) is 2.43. The lowest BCUT2D eigenvalue weighted by Gasteiger charge is -2.08. The first-order valence-corrected chi connectivity index (χ1v) is 6.42. The minimum absolute atomic E-state index is 0.0330. The molecule has 1 N–H and O–H groups in total. The molecule has 4 heteroatoms. The fraction of sp³-hybridized carbons (Fsp3) is 0.286. The Labute approximate surface area is 111 Å². The molecule has 2 rings (SSSR count). The van der Waals surface area contributed by atoms with Crippen molar-refractivity contribution in [2.75, 3.05) is 6.54 Å². The van der Waals surface area contributed by atoms with Crippen molar-refractivity contribution >= 4 is 28.4 Å². The molecule has 18 heavy (non-hydrogen) atoms. The van der Waals surface area contributed by atoms with E-state index in [9.17, 15) is 4.79 Å². The summed E-state index contributed by atoms with van der Waals surface area (Å²) in [6.45, 7) is 2.45. The number of aromatic nitrogens is 1. The zero-order valence-electron chi connectivity index (χ0n) is 10.2. The summed E-state index contributed by atoms with van der Waals surface area (Å²) >= 11 is 5.96. The molecule has 1 unspecified atom stereocenters. The first kappa shape index (κ1) is 12.8. The fourth-order valence-electron chi connectivity index (χ4n) is 1.63. The number of hydrogen-bond donors (Lipinski definition) is 1. The van der Waals surface area contributed by atoms with E-state index in [1.807, 2.05) is 37.3 Å². The number of para-hydroxylation sites is 1. The molecule has 1 amide bonds. The molecule has 94 valence electrons. The summed E-state index contributed by atoms with van der Waals surface area (Å²) in [5.41, 5.74) is 1.25. The summed E-state index contributed by atoms with van der Waals surface area (Å²) in [6.07, 6.45) is 0.826. The number of amides is 1. The molecule has 0 aliphatic rings. The van der Waals surface area contributed by atoms with Gasteiger partial charge in [0, 0.05) is 11.9 Å². The summed E-state index contributed by atoms with van der Waals surface area (Å²) in [6, 6.07) is 11.3. The van der Waals surface area contributed by atoms with Crippen LogP contribution in [0.5, 0.6) is 0 Å². The Kier molecular flexibility index (Phi) is 4.15. The molecule has 1 aromatic heterocycles. The highest BCUT2D eigenvalue weighted by molar-refractivity contribution is 6.20. The number of halogens is 1. The van der Waals surface area contributed by atoms with Gasteiger partial charge in [-0.25, -0.2) is 4.98 Å². The minimum Gasteiger partial charge on any atom is -0.349 e. The quantitative estimate of drug-likeness (QED) is 0.861. The Morgan fingerprint density at radius 3 is 2.89 bits per heavy atom. The number of carbonyl (C=O) groups excluding carboxylic acids is 1. The monoisotopic (exact) mass is 262 g/mol. The fourth-order valence-corrected chi connectivity index (χ4v) is 1.71. The maximum absolute atomic E-state index is 11.9. The van der Waals surface area contributed by atoms with Gasteiger partial charge < -0.3 is 5.32 Å². The molecule has 0 spiro atoms. The topological polar surface area (TPSA) is 42.0 Å². The van der Waals surface area contributed by atoms with Crippen LogP contribution in [0.4, 0.5) is 0 Å². The number of alkyl halides is 1. The lowest BCUT2D eigenvalue weighted by Crippen LogP contribution is -2.30. The molecule has 3 nitrogen and oxygen atoms in total. The second-order valence-electron chi connectivity index (χ2n) is 4.10. The SMILES string of the molecule is CCC(Cl)CNC(=O)c1ccc2ccccc2n1. The Morgan fingerprint density at radius 2 is 2.11 bits per heavy atom. The van der Waals surface area contributed by atoms with Crippen LogP contribution in [0.1, 0.15) is 23.8 Å². The van der Waals surface area contributed by atoms with Crippen molar-refractivity contribution in [3.8, 4) is 0 Å².